The van der Waals surface area contributed by atoms with Crippen LogP contribution in [0.15, 0.2) is 36.4 Å². The third-order valence-electron chi connectivity index (χ3n) is 6.98. The van der Waals surface area contributed by atoms with Crippen LogP contribution in [0.1, 0.15) is 51.5 Å². The summed E-state index contributed by atoms with van der Waals surface area (Å²) in [4.78, 5) is 17.8. The van der Waals surface area contributed by atoms with E-state index in [0.717, 1.165) is 30.8 Å². The van der Waals surface area contributed by atoms with E-state index in [1.807, 2.05) is 36.1 Å². The number of piperidine rings is 1. The molecule has 34 heavy (non-hydrogen) atoms. The number of likely N-dealkylation sites (tertiary alicyclic amines) is 1. The van der Waals surface area contributed by atoms with E-state index < -0.39 is 5.41 Å². The van der Waals surface area contributed by atoms with Gasteiger partial charge in [-0.05, 0) is 62.4 Å². The van der Waals surface area contributed by atoms with Crippen LogP contribution in [0.3, 0.4) is 0 Å². The van der Waals surface area contributed by atoms with Gasteiger partial charge in [-0.2, -0.15) is 0 Å². The maximum absolute atomic E-state index is 13.6. The molecule has 4 rings (SSSR count). The lowest BCUT2D eigenvalue weighted by Gasteiger charge is -2.34. The first-order valence-corrected chi connectivity index (χ1v) is 12.5. The number of benzene rings is 2. The predicted molar refractivity (Wildman–Crippen MR) is 141 cm³/mol. The lowest BCUT2D eigenvalue weighted by Crippen LogP contribution is -2.42. The van der Waals surface area contributed by atoms with Gasteiger partial charge in [0.05, 0.1) is 22.6 Å². The molecule has 1 amide bonds. The van der Waals surface area contributed by atoms with Crippen LogP contribution in [0.5, 0.6) is 11.5 Å². The minimum atomic E-state index is -0.658. The summed E-state index contributed by atoms with van der Waals surface area (Å²) in [5.74, 6) is 1.39. The van der Waals surface area contributed by atoms with E-state index in [9.17, 15) is 4.79 Å². The van der Waals surface area contributed by atoms with Crippen molar-refractivity contribution in [2.75, 3.05) is 31.6 Å². The van der Waals surface area contributed by atoms with Crippen LogP contribution < -0.4 is 14.4 Å². The number of rotatable bonds is 7. The zero-order valence-corrected chi connectivity index (χ0v) is 22.3. The highest BCUT2D eigenvalue weighted by Crippen LogP contribution is 2.42. The van der Waals surface area contributed by atoms with E-state index in [1.165, 1.54) is 19.3 Å². The Hall–Kier alpha value is -1.66. The molecule has 186 valence electrons. The molecule has 0 N–H and O–H groups in total. The molecule has 2 aliphatic heterocycles. The third-order valence-corrected chi connectivity index (χ3v) is 7.72. The lowest BCUT2D eigenvalue weighted by atomic mass is 9.81. The fraction of sp³-hybridized carbons (Fsp3) is 0.500. The predicted octanol–water partition coefficient (Wildman–Crippen LogP) is 6.72. The van der Waals surface area contributed by atoms with Crippen molar-refractivity contribution < 1.29 is 14.3 Å². The van der Waals surface area contributed by atoms with Crippen LogP contribution >= 0.6 is 35.6 Å². The number of methoxy groups -OCH3 is 1. The van der Waals surface area contributed by atoms with E-state index in [-0.39, 0.29) is 24.5 Å². The van der Waals surface area contributed by atoms with Crippen LogP contribution in [-0.2, 0) is 10.2 Å². The highest BCUT2D eigenvalue weighted by molar-refractivity contribution is 6.42. The van der Waals surface area contributed by atoms with Gasteiger partial charge in [0.1, 0.15) is 0 Å². The molecular formula is C26H33Cl3N2O3. The van der Waals surface area contributed by atoms with Crippen molar-refractivity contribution in [2.45, 2.75) is 57.6 Å². The van der Waals surface area contributed by atoms with Crippen molar-refractivity contribution in [3.05, 3.63) is 52.0 Å². The minimum absolute atomic E-state index is 0. The second kappa shape index (κ2) is 11.4. The van der Waals surface area contributed by atoms with Gasteiger partial charge in [0, 0.05) is 31.4 Å². The number of halogens is 3. The highest BCUT2D eigenvalue weighted by Gasteiger charge is 2.45. The number of hydrogen-bond donors (Lipinski definition) is 0. The maximum atomic E-state index is 13.6. The Kier molecular flexibility index (Phi) is 9.02. The molecule has 2 saturated heterocycles. The molecule has 0 spiro atoms. The second-order valence-electron chi connectivity index (χ2n) is 9.08. The Morgan fingerprint density at radius 3 is 2.38 bits per heavy atom. The van der Waals surface area contributed by atoms with Gasteiger partial charge in [0.15, 0.2) is 17.7 Å². The van der Waals surface area contributed by atoms with Crippen molar-refractivity contribution in [1.82, 2.24) is 4.90 Å². The molecule has 0 saturated carbocycles. The summed E-state index contributed by atoms with van der Waals surface area (Å²) >= 11 is 12.3. The summed E-state index contributed by atoms with van der Waals surface area (Å²) in [7, 11) is 1.64. The van der Waals surface area contributed by atoms with Gasteiger partial charge in [-0.15, -0.1) is 12.4 Å². The average Bonchev–Trinajstić information content (AvgIpc) is 3.15. The molecule has 5 nitrogen and oxygen atoms in total. The zero-order chi connectivity index (χ0) is 23.6. The monoisotopic (exact) mass is 526 g/mol. The van der Waals surface area contributed by atoms with Gasteiger partial charge in [-0.1, -0.05) is 42.6 Å². The number of ether oxygens (including phenoxy) is 2. The quantitative estimate of drug-likeness (QED) is 0.401. The smallest absolute Gasteiger partial charge is 0.237 e. The molecule has 2 aliphatic rings. The lowest BCUT2D eigenvalue weighted by molar-refractivity contribution is -0.121. The molecule has 8 heteroatoms. The number of hydrogen-bond acceptors (Lipinski definition) is 4. The summed E-state index contributed by atoms with van der Waals surface area (Å²) in [5, 5.41) is 0.951. The molecule has 2 aromatic carbocycles. The first-order valence-electron chi connectivity index (χ1n) is 11.7. The molecule has 0 aliphatic carbocycles. The molecule has 2 fully saturated rings. The van der Waals surface area contributed by atoms with Crippen molar-refractivity contribution in [2.24, 2.45) is 0 Å². The molecule has 2 heterocycles. The first-order chi connectivity index (χ1) is 15.9. The number of nitrogens with zero attached hydrogens (tertiary/aromatic N) is 2. The Labute approximate surface area is 218 Å². The molecular weight excluding hydrogens is 495 g/mol. The molecule has 0 radical (unpaired) electrons. The van der Waals surface area contributed by atoms with Crippen LogP contribution in [-0.4, -0.2) is 43.8 Å². The Bertz CT molecular complexity index is 1010. The number of carbonyl (C=O) groups excluding carboxylic acids is 1. The van der Waals surface area contributed by atoms with Crippen molar-refractivity contribution in [3.8, 4) is 11.5 Å². The third kappa shape index (κ3) is 5.28. The zero-order valence-electron chi connectivity index (χ0n) is 20.0. The van der Waals surface area contributed by atoms with Crippen molar-refractivity contribution in [3.63, 3.8) is 0 Å². The van der Waals surface area contributed by atoms with E-state index in [2.05, 4.69) is 11.8 Å². The first kappa shape index (κ1) is 26.9. The Morgan fingerprint density at radius 1 is 1.00 bits per heavy atom. The van der Waals surface area contributed by atoms with Crippen molar-refractivity contribution >= 4 is 47.2 Å². The van der Waals surface area contributed by atoms with Crippen LogP contribution in [0.2, 0.25) is 10.0 Å². The van der Waals surface area contributed by atoms with Crippen LogP contribution in [0.4, 0.5) is 5.69 Å². The van der Waals surface area contributed by atoms with E-state index in [1.54, 1.807) is 19.2 Å². The molecule has 0 aromatic heterocycles. The van der Waals surface area contributed by atoms with Gasteiger partial charge in [0.25, 0.3) is 0 Å². The van der Waals surface area contributed by atoms with E-state index in [4.69, 9.17) is 32.7 Å². The van der Waals surface area contributed by atoms with Crippen molar-refractivity contribution in [1.29, 1.82) is 0 Å². The number of carbonyl (C=O) groups is 1. The summed E-state index contributed by atoms with van der Waals surface area (Å²) in [6, 6.07) is 11.2. The summed E-state index contributed by atoms with van der Waals surface area (Å²) in [5.41, 5.74) is 1.04. The normalized spacial score (nSPS) is 21.8. The van der Waals surface area contributed by atoms with Gasteiger partial charge in [-0.3, -0.25) is 9.69 Å². The fourth-order valence-corrected chi connectivity index (χ4v) is 5.19. The second-order valence-corrected chi connectivity index (χ2v) is 9.89. The topological polar surface area (TPSA) is 42.0 Å². The Balaban J connectivity index is 0.00000324. The minimum Gasteiger partial charge on any atom is -0.493 e. The Morgan fingerprint density at radius 2 is 1.74 bits per heavy atom. The number of anilines is 1. The van der Waals surface area contributed by atoms with E-state index in [0.29, 0.717) is 34.5 Å². The molecule has 0 bridgehead atoms. The van der Waals surface area contributed by atoms with Crippen LogP contribution in [0, 0.1) is 0 Å². The summed E-state index contributed by atoms with van der Waals surface area (Å²) in [6.07, 6.45) is 5.24. The summed E-state index contributed by atoms with van der Waals surface area (Å²) in [6.45, 7) is 6.83. The largest absolute Gasteiger partial charge is 0.493 e. The molecule has 2 aromatic rings. The van der Waals surface area contributed by atoms with Gasteiger partial charge in [-0.25, -0.2) is 0 Å². The summed E-state index contributed by atoms with van der Waals surface area (Å²) < 4.78 is 12.0. The van der Waals surface area contributed by atoms with E-state index >= 15 is 0 Å². The standard InChI is InChI=1S/C26H32Cl2N2O3.ClH/c1-4-24(29-13-6-5-7-14-29)33-23-17-19(9-11-22(23)32-3)30-15-12-26(2,25(30)31)18-8-10-20(27)21(28)16-18;/h8-11,16-17,24H,4-7,12-15H2,1-3H3;1H. The number of amides is 1. The van der Waals surface area contributed by atoms with Gasteiger partial charge < -0.3 is 14.4 Å². The molecule has 2 unspecified atom stereocenters. The maximum Gasteiger partial charge on any atom is 0.237 e. The SMILES string of the molecule is CCC(Oc1cc(N2CCC(C)(c3ccc(Cl)c(Cl)c3)C2=O)ccc1OC)N1CCCCC1.Cl. The molecule has 2 atom stereocenters. The fourth-order valence-electron chi connectivity index (χ4n) is 4.89. The highest BCUT2D eigenvalue weighted by atomic mass is 35.5. The van der Waals surface area contributed by atoms with Gasteiger partial charge >= 0.3 is 0 Å². The average molecular weight is 528 g/mol. The van der Waals surface area contributed by atoms with Gasteiger partial charge in [0.2, 0.25) is 5.91 Å². The van der Waals surface area contributed by atoms with Crippen LogP contribution in [0.25, 0.3) is 0 Å².